The Morgan fingerprint density at radius 3 is 2.67 bits per heavy atom. The molecule has 1 aromatic heterocycles. The molecule has 9 heteroatoms. The van der Waals surface area contributed by atoms with Gasteiger partial charge in [-0.25, -0.2) is 22.5 Å². The minimum atomic E-state index is -3.32. The second kappa shape index (κ2) is 7.96. The Bertz CT molecular complexity index is 1120. The summed E-state index contributed by atoms with van der Waals surface area (Å²) in [6.45, 7) is 0. The number of hydrogen-bond acceptors (Lipinski definition) is 3. The number of rotatable bonds is 3. The first-order valence-electron chi connectivity index (χ1n) is 9.96. The molecule has 2 atom stereocenters. The summed E-state index contributed by atoms with van der Waals surface area (Å²) in [5.41, 5.74) is 0.719. The molecule has 0 radical (unpaired) electrons. The van der Waals surface area contributed by atoms with Gasteiger partial charge in [0.15, 0.2) is 11.6 Å². The number of halogens is 2. The molecule has 1 amide bonds. The van der Waals surface area contributed by atoms with Crippen LogP contribution in [0.15, 0.2) is 35.4 Å². The van der Waals surface area contributed by atoms with Crippen molar-refractivity contribution < 1.29 is 17.8 Å². The van der Waals surface area contributed by atoms with Crippen molar-refractivity contribution in [2.75, 3.05) is 5.32 Å². The molecule has 1 saturated carbocycles. The Kier molecular flexibility index (Phi) is 5.50. The van der Waals surface area contributed by atoms with E-state index in [4.69, 9.17) is 4.78 Å². The molecule has 2 heterocycles. The van der Waals surface area contributed by atoms with E-state index in [9.17, 15) is 17.8 Å². The Morgan fingerprint density at radius 2 is 1.97 bits per heavy atom. The van der Waals surface area contributed by atoms with Crippen LogP contribution in [-0.2, 0) is 17.0 Å². The first kappa shape index (κ1) is 20.7. The van der Waals surface area contributed by atoms with E-state index >= 15 is 0 Å². The lowest BCUT2D eigenvalue weighted by molar-refractivity contribution is 0.101. The highest BCUT2D eigenvalue weighted by molar-refractivity contribution is 7.90. The third kappa shape index (κ3) is 3.91. The van der Waals surface area contributed by atoms with E-state index in [0.29, 0.717) is 11.5 Å². The normalized spacial score (nSPS) is 24.3. The number of aromatic nitrogens is 1. The standard InChI is InChI=1S/C21H24F2N4O2S/c1-27-12-19-15(20(27)21(28)25-14-7-9-16(22)17(23)11-14)8-10-18(26-30(19,24)29)13-5-3-2-4-6-13/h7-13,18H,2-6H2,1H3,(H,25,28)(H2,24,26,29)/t18-,30?/m1/s1. The molecule has 0 spiro atoms. The molecule has 3 N–H and O–H groups in total. The number of fused-ring (bicyclic) bond motifs is 1. The summed E-state index contributed by atoms with van der Waals surface area (Å²) in [6, 6.07) is 2.90. The van der Waals surface area contributed by atoms with Crippen LogP contribution in [0.5, 0.6) is 0 Å². The summed E-state index contributed by atoms with van der Waals surface area (Å²) in [4.78, 5) is 13.2. The summed E-state index contributed by atoms with van der Waals surface area (Å²) < 4.78 is 52.8. The Balaban J connectivity index is 1.68. The predicted molar refractivity (Wildman–Crippen MR) is 111 cm³/mol. The Morgan fingerprint density at radius 1 is 1.23 bits per heavy atom. The van der Waals surface area contributed by atoms with Crippen molar-refractivity contribution in [3.05, 3.63) is 53.4 Å². The molecule has 1 fully saturated rings. The van der Waals surface area contributed by atoms with Gasteiger partial charge >= 0.3 is 0 Å². The van der Waals surface area contributed by atoms with Gasteiger partial charge in [0.05, 0.1) is 4.90 Å². The maximum Gasteiger partial charge on any atom is 0.272 e. The van der Waals surface area contributed by atoms with Crippen molar-refractivity contribution in [1.29, 1.82) is 4.78 Å². The zero-order valence-corrected chi connectivity index (χ0v) is 17.4. The van der Waals surface area contributed by atoms with Gasteiger partial charge in [-0.2, -0.15) is 0 Å². The summed E-state index contributed by atoms with van der Waals surface area (Å²) in [5, 5.41) is 2.55. The fourth-order valence-corrected chi connectivity index (χ4v) is 5.86. The number of anilines is 1. The highest BCUT2D eigenvalue weighted by atomic mass is 32.2. The minimum Gasteiger partial charge on any atom is -0.345 e. The highest BCUT2D eigenvalue weighted by Gasteiger charge is 2.31. The topological polar surface area (TPSA) is 87.0 Å². The van der Waals surface area contributed by atoms with Gasteiger partial charge in [-0.15, -0.1) is 0 Å². The van der Waals surface area contributed by atoms with Crippen LogP contribution in [0.25, 0.3) is 6.08 Å². The Labute approximate surface area is 174 Å². The maximum atomic E-state index is 13.5. The van der Waals surface area contributed by atoms with E-state index in [2.05, 4.69) is 10.0 Å². The van der Waals surface area contributed by atoms with Gasteiger partial charge in [-0.05, 0) is 30.9 Å². The number of aryl methyl sites for hydroxylation is 1. The number of amides is 1. The summed E-state index contributed by atoms with van der Waals surface area (Å²) in [6.07, 6.45) is 10.6. The zero-order chi connectivity index (χ0) is 21.5. The van der Waals surface area contributed by atoms with Crippen LogP contribution < -0.4 is 10.0 Å². The highest BCUT2D eigenvalue weighted by Crippen LogP contribution is 2.33. The van der Waals surface area contributed by atoms with E-state index in [1.54, 1.807) is 13.1 Å². The van der Waals surface area contributed by atoms with Crippen LogP contribution in [0.2, 0.25) is 0 Å². The van der Waals surface area contributed by atoms with Gasteiger partial charge in [0.25, 0.3) is 5.91 Å². The van der Waals surface area contributed by atoms with Crippen LogP contribution in [0.3, 0.4) is 0 Å². The van der Waals surface area contributed by atoms with E-state index in [1.165, 1.54) is 23.3 Å². The van der Waals surface area contributed by atoms with Crippen molar-refractivity contribution in [2.24, 2.45) is 13.0 Å². The number of nitrogens with zero attached hydrogens (tertiary/aromatic N) is 1. The fourth-order valence-electron chi connectivity index (χ4n) is 4.29. The van der Waals surface area contributed by atoms with Crippen LogP contribution in [-0.4, -0.2) is 20.7 Å². The van der Waals surface area contributed by atoms with Gasteiger partial charge in [0, 0.05) is 36.6 Å². The van der Waals surface area contributed by atoms with Crippen LogP contribution in [0.4, 0.5) is 14.5 Å². The molecule has 2 aliphatic rings. The SMILES string of the molecule is Cn1cc2c(c1C(=O)Nc1ccc(F)c(F)c1)C=C[C@H](C1CCCCC1)NS2(=N)=O. The lowest BCUT2D eigenvalue weighted by Gasteiger charge is -2.28. The Hall–Kier alpha value is -2.52. The third-order valence-electron chi connectivity index (χ3n) is 5.82. The quantitative estimate of drug-likeness (QED) is 0.667. The lowest BCUT2D eigenvalue weighted by Crippen LogP contribution is -2.38. The van der Waals surface area contributed by atoms with Crippen LogP contribution in [0, 0.1) is 22.3 Å². The molecule has 30 heavy (non-hydrogen) atoms. The van der Waals surface area contributed by atoms with Gasteiger partial charge in [-0.3, -0.25) is 4.79 Å². The minimum absolute atomic E-state index is 0.108. The smallest absolute Gasteiger partial charge is 0.272 e. The third-order valence-corrected chi connectivity index (χ3v) is 7.37. The number of carbonyl (C=O) groups excluding carboxylic acids is 1. The molecule has 2 aromatic rings. The predicted octanol–water partition coefficient (Wildman–Crippen LogP) is 4.44. The average Bonchev–Trinajstić information content (AvgIpc) is 2.99. The first-order valence-corrected chi connectivity index (χ1v) is 11.5. The number of hydrogen-bond donors (Lipinski definition) is 3. The maximum absolute atomic E-state index is 13.5. The summed E-state index contributed by atoms with van der Waals surface area (Å²) in [5.74, 6) is -2.32. The molecule has 0 bridgehead atoms. The second-order valence-electron chi connectivity index (χ2n) is 7.91. The molecular weight excluding hydrogens is 410 g/mol. The van der Waals surface area contributed by atoms with Crippen molar-refractivity contribution in [3.63, 3.8) is 0 Å². The number of nitrogens with one attached hydrogen (secondary N) is 3. The monoisotopic (exact) mass is 434 g/mol. The summed E-state index contributed by atoms with van der Waals surface area (Å²) in [7, 11) is -1.70. The van der Waals surface area contributed by atoms with Crippen LogP contribution >= 0.6 is 0 Å². The van der Waals surface area contributed by atoms with Crippen molar-refractivity contribution in [3.8, 4) is 0 Å². The lowest BCUT2D eigenvalue weighted by atomic mass is 9.84. The largest absolute Gasteiger partial charge is 0.345 e. The van der Waals surface area contributed by atoms with Gasteiger partial charge in [0.2, 0.25) is 0 Å². The van der Waals surface area contributed by atoms with Crippen molar-refractivity contribution in [1.82, 2.24) is 9.29 Å². The molecule has 160 valence electrons. The number of carbonyl (C=O) groups is 1. The van der Waals surface area contributed by atoms with Crippen molar-refractivity contribution in [2.45, 2.75) is 43.0 Å². The van der Waals surface area contributed by atoms with E-state index in [1.807, 2.05) is 6.08 Å². The molecular formula is C21H24F2N4O2S. The van der Waals surface area contributed by atoms with E-state index < -0.39 is 27.5 Å². The van der Waals surface area contributed by atoms with Crippen LogP contribution in [0.1, 0.15) is 48.2 Å². The molecule has 1 aliphatic heterocycles. The van der Waals surface area contributed by atoms with Crippen molar-refractivity contribution >= 4 is 27.6 Å². The van der Waals surface area contributed by atoms with Gasteiger partial charge in [0.1, 0.15) is 15.6 Å². The average molecular weight is 435 g/mol. The van der Waals surface area contributed by atoms with Gasteiger partial charge < -0.3 is 9.88 Å². The summed E-state index contributed by atoms with van der Waals surface area (Å²) >= 11 is 0. The second-order valence-corrected chi connectivity index (χ2v) is 9.69. The molecule has 0 saturated heterocycles. The molecule has 1 aromatic carbocycles. The molecule has 1 aliphatic carbocycles. The fraction of sp³-hybridized carbons (Fsp3) is 0.381. The van der Waals surface area contributed by atoms with E-state index in [0.717, 1.165) is 37.8 Å². The molecule has 6 nitrogen and oxygen atoms in total. The molecule has 1 unspecified atom stereocenters. The van der Waals surface area contributed by atoms with E-state index in [-0.39, 0.29) is 22.3 Å². The first-order chi connectivity index (χ1) is 14.3. The number of benzene rings is 1. The van der Waals surface area contributed by atoms with Gasteiger partial charge in [-0.1, -0.05) is 31.4 Å². The zero-order valence-electron chi connectivity index (χ0n) is 16.6. The molecule has 4 rings (SSSR count).